The lowest BCUT2D eigenvalue weighted by Crippen LogP contribution is -2.21. The first-order valence-corrected chi connectivity index (χ1v) is 8.68. The van der Waals surface area contributed by atoms with Crippen LogP contribution in [0.4, 0.5) is 0 Å². The van der Waals surface area contributed by atoms with Crippen LogP contribution in [0.15, 0.2) is 53.3 Å². The first kappa shape index (κ1) is 15.7. The van der Waals surface area contributed by atoms with Gasteiger partial charge < -0.3 is 9.15 Å². The fraction of sp³-hybridized carbons (Fsp3) is 0.200. The van der Waals surface area contributed by atoms with E-state index in [-0.39, 0.29) is 11.7 Å². The molecule has 1 aliphatic carbocycles. The molecular formula is C20H16N4O3. The number of furan rings is 1. The lowest BCUT2D eigenvalue weighted by Gasteiger charge is -2.20. The van der Waals surface area contributed by atoms with Crippen LogP contribution in [0, 0.1) is 0 Å². The predicted octanol–water partition coefficient (Wildman–Crippen LogP) is 3.31. The van der Waals surface area contributed by atoms with E-state index in [1.807, 2.05) is 36.4 Å². The van der Waals surface area contributed by atoms with Gasteiger partial charge >= 0.3 is 0 Å². The van der Waals surface area contributed by atoms with Gasteiger partial charge in [-0.15, -0.1) is 5.10 Å². The smallest absolute Gasteiger partial charge is 0.252 e. The Balaban J connectivity index is 1.54. The summed E-state index contributed by atoms with van der Waals surface area (Å²) in [6.07, 6.45) is 4.42. The summed E-state index contributed by atoms with van der Waals surface area (Å²) < 4.78 is 12.2. The fourth-order valence-corrected chi connectivity index (χ4v) is 3.47. The number of methoxy groups -OCH3 is 1. The average molecular weight is 360 g/mol. The molecule has 1 aliphatic rings. The molecule has 0 amide bonds. The summed E-state index contributed by atoms with van der Waals surface area (Å²) >= 11 is 0. The molecule has 0 spiro atoms. The maximum absolute atomic E-state index is 12.6. The van der Waals surface area contributed by atoms with Gasteiger partial charge in [0.05, 0.1) is 24.6 Å². The maximum atomic E-state index is 12.6. The molecule has 0 N–H and O–H groups in total. The zero-order chi connectivity index (χ0) is 18.4. The van der Waals surface area contributed by atoms with Gasteiger partial charge in [-0.25, -0.2) is 9.50 Å². The molecule has 7 nitrogen and oxygen atoms in total. The number of carbonyl (C=O) groups excluding carboxylic acids is 1. The van der Waals surface area contributed by atoms with Crippen molar-refractivity contribution < 1.29 is 13.9 Å². The molecule has 5 rings (SSSR count). The third-order valence-corrected chi connectivity index (χ3v) is 4.88. The molecule has 0 radical (unpaired) electrons. The van der Waals surface area contributed by atoms with Crippen molar-refractivity contribution in [1.29, 1.82) is 0 Å². The molecule has 4 aromatic rings. The van der Waals surface area contributed by atoms with E-state index in [1.165, 1.54) is 0 Å². The minimum absolute atomic E-state index is 0.0129. The lowest BCUT2D eigenvalue weighted by atomic mass is 9.85. The number of ketones is 1. The average Bonchev–Trinajstić information content (AvgIpc) is 3.36. The Morgan fingerprint density at radius 2 is 2.00 bits per heavy atom. The minimum Gasteiger partial charge on any atom is -0.497 e. The SMILES string of the molecule is COc1ccc(-c2nc3nc4c(cn3n2)C(=O)CC(c2ccco2)C4)cc1. The van der Waals surface area contributed by atoms with E-state index in [2.05, 4.69) is 15.1 Å². The molecule has 1 aromatic carbocycles. The van der Waals surface area contributed by atoms with Crippen molar-refractivity contribution >= 4 is 11.6 Å². The van der Waals surface area contributed by atoms with Crippen molar-refractivity contribution in [3.8, 4) is 17.1 Å². The normalized spacial score (nSPS) is 16.5. The Bertz CT molecular complexity index is 1130. The van der Waals surface area contributed by atoms with Crippen LogP contribution < -0.4 is 4.74 Å². The first-order chi connectivity index (χ1) is 13.2. The molecule has 27 heavy (non-hydrogen) atoms. The monoisotopic (exact) mass is 360 g/mol. The number of carbonyl (C=O) groups is 1. The van der Waals surface area contributed by atoms with Crippen molar-refractivity contribution in [1.82, 2.24) is 19.6 Å². The van der Waals surface area contributed by atoms with Crippen molar-refractivity contribution in [2.75, 3.05) is 7.11 Å². The number of hydrogen-bond acceptors (Lipinski definition) is 6. The van der Waals surface area contributed by atoms with Crippen LogP contribution in [0.1, 0.15) is 34.2 Å². The summed E-state index contributed by atoms with van der Waals surface area (Å²) in [4.78, 5) is 21.8. The Kier molecular flexibility index (Phi) is 3.53. The van der Waals surface area contributed by atoms with E-state index in [4.69, 9.17) is 9.15 Å². The van der Waals surface area contributed by atoms with Gasteiger partial charge in [-0.05, 0) is 36.4 Å². The Morgan fingerprint density at radius 1 is 1.15 bits per heavy atom. The van der Waals surface area contributed by atoms with Crippen LogP contribution in [-0.2, 0) is 6.42 Å². The highest BCUT2D eigenvalue weighted by atomic mass is 16.5. The maximum Gasteiger partial charge on any atom is 0.252 e. The van der Waals surface area contributed by atoms with Crippen LogP contribution in [0.5, 0.6) is 5.75 Å². The summed E-state index contributed by atoms with van der Waals surface area (Å²) in [6.45, 7) is 0. The molecule has 1 unspecified atom stereocenters. The van der Waals surface area contributed by atoms with E-state index in [0.29, 0.717) is 30.0 Å². The molecule has 134 valence electrons. The fourth-order valence-electron chi connectivity index (χ4n) is 3.47. The minimum atomic E-state index is 0.0129. The number of fused-ring (bicyclic) bond motifs is 2. The van der Waals surface area contributed by atoms with Gasteiger partial charge in [-0.3, -0.25) is 4.79 Å². The molecular weight excluding hydrogens is 344 g/mol. The molecule has 3 heterocycles. The topological polar surface area (TPSA) is 82.5 Å². The highest BCUT2D eigenvalue weighted by Crippen LogP contribution is 2.32. The molecule has 0 saturated carbocycles. The van der Waals surface area contributed by atoms with Gasteiger partial charge in [0.25, 0.3) is 5.78 Å². The van der Waals surface area contributed by atoms with Crippen molar-refractivity contribution in [2.24, 2.45) is 0 Å². The van der Waals surface area contributed by atoms with Gasteiger partial charge in [0, 0.05) is 30.5 Å². The number of nitrogens with zero attached hydrogens (tertiary/aromatic N) is 4. The number of aromatic nitrogens is 4. The Hall–Kier alpha value is -3.48. The van der Waals surface area contributed by atoms with Crippen LogP contribution in [0.25, 0.3) is 17.2 Å². The number of hydrogen-bond donors (Lipinski definition) is 0. The lowest BCUT2D eigenvalue weighted by molar-refractivity contribution is 0.0958. The highest BCUT2D eigenvalue weighted by molar-refractivity contribution is 5.98. The van der Waals surface area contributed by atoms with Crippen LogP contribution in [-0.4, -0.2) is 32.5 Å². The molecule has 1 atom stereocenters. The summed E-state index contributed by atoms with van der Waals surface area (Å²) in [7, 11) is 1.62. The Morgan fingerprint density at radius 3 is 2.74 bits per heavy atom. The number of ether oxygens (including phenoxy) is 1. The standard InChI is InChI=1S/C20H16N4O3/c1-26-14-6-4-12(5-7-14)19-22-20-21-16-9-13(18-3-2-8-27-18)10-17(25)15(16)11-24(20)23-19/h2-8,11,13H,9-10H2,1H3. The van der Waals surface area contributed by atoms with Crippen LogP contribution in [0.2, 0.25) is 0 Å². The van der Waals surface area contributed by atoms with Crippen molar-refractivity contribution in [3.05, 3.63) is 65.9 Å². The third-order valence-electron chi connectivity index (χ3n) is 4.88. The first-order valence-electron chi connectivity index (χ1n) is 8.68. The summed E-state index contributed by atoms with van der Waals surface area (Å²) in [5.74, 6) is 2.68. The van der Waals surface area contributed by atoms with E-state index in [9.17, 15) is 4.79 Å². The summed E-state index contributed by atoms with van der Waals surface area (Å²) in [5, 5.41) is 4.48. The van der Waals surface area contributed by atoms with Gasteiger partial charge in [0.1, 0.15) is 11.5 Å². The zero-order valence-electron chi connectivity index (χ0n) is 14.6. The molecule has 0 bridgehead atoms. The summed E-state index contributed by atoms with van der Waals surface area (Å²) in [6, 6.07) is 11.2. The molecule has 0 saturated heterocycles. The highest BCUT2D eigenvalue weighted by Gasteiger charge is 2.30. The number of Topliss-reactive ketones (excluding diaryl/α,β-unsaturated/α-hetero) is 1. The predicted molar refractivity (Wildman–Crippen MR) is 96.9 cm³/mol. The van der Waals surface area contributed by atoms with Crippen molar-refractivity contribution in [2.45, 2.75) is 18.8 Å². The third kappa shape index (κ3) is 2.68. The largest absolute Gasteiger partial charge is 0.497 e. The molecule has 0 aliphatic heterocycles. The van der Waals surface area contributed by atoms with E-state index in [0.717, 1.165) is 22.8 Å². The number of benzene rings is 1. The molecule has 7 heteroatoms. The van der Waals surface area contributed by atoms with Gasteiger partial charge in [-0.1, -0.05) is 0 Å². The second kappa shape index (κ2) is 6.05. The van der Waals surface area contributed by atoms with Gasteiger partial charge in [0.15, 0.2) is 11.6 Å². The quantitative estimate of drug-likeness (QED) is 0.557. The summed E-state index contributed by atoms with van der Waals surface area (Å²) in [5.41, 5.74) is 2.21. The van der Waals surface area contributed by atoms with Crippen LogP contribution >= 0.6 is 0 Å². The van der Waals surface area contributed by atoms with E-state index < -0.39 is 0 Å². The van der Waals surface area contributed by atoms with E-state index in [1.54, 1.807) is 24.1 Å². The molecule has 0 fully saturated rings. The second-order valence-electron chi connectivity index (χ2n) is 6.55. The second-order valence-corrected chi connectivity index (χ2v) is 6.55. The number of rotatable bonds is 3. The zero-order valence-corrected chi connectivity index (χ0v) is 14.6. The van der Waals surface area contributed by atoms with Crippen molar-refractivity contribution in [3.63, 3.8) is 0 Å². The van der Waals surface area contributed by atoms with Gasteiger partial charge in [0.2, 0.25) is 0 Å². The van der Waals surface area contributed by atoms with Gasteiger partial charge in [-0.2, -0.15) is 4.98 Å². The Labute approximate surface area is 154 Å². The molecule has 3 aromatic heterocycles. The van der Waals surface area contributed by atoms with Crippen LogP contribution in [0.3, 0.4) is 0 Å². The van der Waals surface area contributed by atoms with E-state index >= 15 is 0 Å².